The first-order valence-electron chi connectivity index (χ1n) is 8.60. The normalized spacial score (nSPS) is 11.5. The number of benzene rings is 2. The lowest BCUT2D eigenvalue weighted by Gasteiger charge is -2.23. The zero-order chi connectivity index (χ0) is 20.0. The van der Waals surface area contributed by atoms with Gasteiger partial charge in [-0.1, -0.05) is 38.5 Å². The first-order chi connectivity index (χ1) is 12.7. The number of carbonyl (C=O) groups excluding carboxylic acids is 1. The third-order valence-corrected chi connectivity index (χ3v) is 4.50. The van der Waals surface area contributed by atoms with Crippen molar-refractivity contribution < 1.29 is 14.3 Å². The van der Waals surface area contributed by atoms with Gasteiger partial charge in [0.25, 0.3) is 5.91 Å². The first kappa shape index (κ1) is 21.0. The van der Waals surface area contributed by atoms with Crippen LogP contribution in [0.4, 0.5) is 0 Å². The summed E-state index contributed by atoms with van der Waals surface area (Å²) in [5.41, 5.74) is 5.47. The number of nitrogens with zero attached hydrogens (tertiary/aromatic N) is 1. The van der Waals surface area contributed by atoms with E-state index < -0.39 is 0 Å². The van der Waals surface area contributed by atoms with Gasteiger partial charge in [-0.15, -0.1) is 0 Å². The molecule has 0 bridgehead atoms. The summed E-state index contributed by atoms with van der Waals surface area (Å²) in [6.07, 6.45) is 1.56. The number of ether oxygens (including phenoxy) is 2. The maximum absolute atomic E-state index is 12.0. The second kappa shape index (κ2) is 9.04. The van der Waals surface area contributed by atoms with Crippen molar-refractivity contribution >= 4 is 28.1 Å². The van der Waals surface area contributed by atoms with Gasteiger partial charge in [0.15, 0.2) is 6.61 Å². The standard InChI is InChI=1S/C21H25BrN2O3/c1-14-6-8-18(16(10-14)21(2,3)4)27-13-20(25)24-23-12-15-7-9-19(26-5)17(22)11-15/h6-12H,13H2,1-5H3,(H,24,25)/b23-12+. The number of nitrogens with one attached hydrogen (secondary N) is 1. The summed E-state index contributed by atoms with van der Waals surface area (Å²) in [5, 5.41) is 3.97. The molecule has 0 heterocycles. The number of hydrogen-bond acceptors (Lipinski definition) is 4. The molecule has 2 aromatic rings. The average molecular weight is 433 g/mol. The van der Waals surface area contributed by atoms with Crippen molar-refractivity contribution in [2.45, 2.75) is 33.1 Å². The van der Waals surface area contributed by atoms with E-state index in [1.165, 1.54) is 0 Å². The molecule has 0 radical (unpaired) electrons. The van der Waals surface area contributed by atoms with Gasteiger partial charge >= 0.3 is 0 Å². The van der Waals surface area contributed by atoms with Crippen molar-refractivity contribution in [3.05, 3.63) is 57.6 Å². The highest BCUT2D eigenvalue weighted by Crippen LogP contribution is 2.32. The Balaban J connectivity index is 1.94. The minimum Gasteiger partial charge on any atom is -0.496 e. The lowest BCUT2D eigenvalue weighted by Crippen LogP contribution is -2.25. The van der Waals surface area contributed by atoms with E-state index in [1.807, 2.05) is 37.3 Å². The van der Waals surface area contributed by atoms with Gasteiger partial charge in [0.2, 0.25) is 0 Å². The zero-order valence-electron chi connectivity index (χ0n) is 16.3. The molecule has 0 aliphatic rings. The molecule has 0 spiro atoms. The van der Waals surface area contributed by atoms with Crippen LogP contribution in [-0.4, -0.2) is 25.8 Å². The molecule has 0 fully saturated rings. The second-order valence-electron chi connectivity index (χ2n) is 7.23. The number of aryl methyl sites for hydroxylation is 1. The summed E-state index contributed by atoms with van der Waals surface area (Å²) in [6.45, 7) is 8.29. The van der Waals surface area contributed by atoms with Crippen LogP contribution in [0.2, 0.25) is 0 Å². The van der Waals surface area contributed by atoms with Crippen molar-refractivity contribution in [1.29, 1.82) is 0 Å². The van der Waals surface area contributed by atoms with Crippen LogP contribution < -0.4 is 14.9 Å². The van der Waals surface area contributed by atoms with E-state index in [4.69, 9.17) is 9.47 Å². The minimum atomic E-state index is -0.320. The maximum Gasteiger partial charge on any atom is 0.277 e. The molecule has 0 saturated heterocycles. The van der Waals surface area contributed by atoms with Gasteiger partial charge in [0.05, 0.1) is 17.8 Å². The molecule has 0 aliphatic carbocycles. The largest absolute Gasteiger partial charge is 0.496 e. The summed E-state index contributed by atoms with van der Waals surface area (Å²) >= 11 is 3.41. The Morgan fingerprint density at radius 1 is 1.19 bits per heavy atom. The highest BCUT2D eigenvalue weighted by molar-refractivity contribution is 9.10. The minimum absolute atomic E-state index is 0.0717. The molecule has 0 atom stereocenters. The van der Waals surface area contributed by atoms with E-state index in [0.717, 1.165) is 26.9 Å². The zero-order valence-corrected chi connectivity index (χ0v) is 17.9. The van der Waals surface area contributed by atoms with E-state index in [0.29, 0.717) is 5.75 Å². The Kier molecular flexibility index (Phi) is 7.02. The predicted molar refractivity (Wildman–Crippen MR) is 112 cm³/mol. The van der Waals surface area contributed by atoms with Crippen molar-refractivity contribution in [3.63, 3.8) is 0 Å². The Bertz CT molecular complexity index is 842. The predicted octanol–water partition coefficient (Wildman–Crippen LogP) is 4.59. The summed E-state index contributed by atoms with van der Waals surface area (Å²) in [5.74, 6) is 1.13. The number of halogens is 1. The quantitative estimate of drug-likeness (QED) is 0.536. The monoisotopic (exact) mass is 432 g/mol. The lowest BCUT2D eigenvalue weighted by molar-refractivity contribution is -0.123. The summed E-state index contributed by atoms with van der Waals surface area (Å²) in [7, 11) is 1.60. The van der Waals surface area contributed by atoms with Gasteiger partial charge in [-0.2, -0.15) is 5.10 Å². The van der Waals surface area contributed by atoms with Gasteiger partial charge in [-0.3, -0.25) is 4.79 Å². The summed E-state index contributed by atoms with van der Waals surface area (Å²) < 4.78 is 11.7. The molecule has 0 unspecified atom stereocenters. The Morgan fingerprint density at radius 3 is 2.52 bits per heavy atom. The SMILES string of the molecule is COc1ccc(/C=N/NC(=O)COc2ccc(C)cc2C(C)(C)C)cc1Br. The molecule has 1 N–H and O–H groups in total. The molecule has 2 rings (SSSR count). The Hall–Kier alpha value is -2.34. The van der Waals surface area contributed by atoms with E-state index in [1.54, 1.807) is 13.3 Å². The molecule has 0 aromatic heterocycles. The van der Waals surface area contributed by atoms with Crippen LogP contribution >= 0.6 is 15.9 Å². The molecular weight excluding hydrogens is 408 g/mol. The average Bonchev–Trinajstić information content (AvgIpc) is 2.60. The number of hydrazone groups is 1. The highest BCUT2D eigenvalue weighted by atomic mass is 79.9. The number of hydrogen-bond donors (Lipinski definition) is 1. The molecule has 2 aromatic carbocycles. The van der Waals surface area contributed by atoms with Crippen molar-refractivity contribution in [3.8, 4) is 11.5 Å². The smallest absolute Gasteiger partial charge is 0.277 e. The van der Waals surface area contributed by atoms with E-state index >= 15 is 0 Å². The van der Waals surface area contributed by atoms with Crippen molar-refractivity contribution in [2.24, 2.45) is 5.10 Å². The van der Waals surface area contributed by atoms with Crippen LogP contribution in [0.1, 0.15) is 37.5 Å². The number of rotatable bonds is 6. The van der Waals surface area contributed by atoms with E-state index in [-0.39, 0.29) is 17.9 Å². The van der Waals surface area contributed by atoms with Crippen molar-refractivity contribution in [1.82, 2.24) is 5.43 Å². The Morgan fingerprint density at radius 2 is 1.89 bits per heavy atom. The summed E-state index contributed by atoms with van der Waals surface area (Å²) in [4.78, 5) is 12.0. The van der Waals surface area contributed by atoms with Crippen LogP contribution in [0.5, 0.6) is 11.5 Å². The van der Waals surface area contributed by atoms with Crippen molar-refractivity contribution in [2.75, 3.05) is 13.7 Å². The van der Waals surface area contributed by atoms with Gasteiger partial charge in [0.1, 0.15) is 11.5 Å². The van der Waals surface area contributed by atoms with Gasteiger partial charge < -0.3 is 9.47 Å². The maximum atomic E-state index is 12.0. The van der Waals surface area contributed by atoms with Crippen LogP contribution in [-0.2, 0) is 10.2 Å². The molecular formula is C21H25BrN2O3. The fourth-order valence-electron chi connectivity index (χ4n) is 2.47. The summed E-state index contributed by atoms with van der Waals surface area (Å²) in [6, 6.07) is 11.5. The molecule has 0 aliphatic heterocycles. The third-order valence-electron chi connectivity index (χ3n) is 3.88. The van der Waals surface area contributed by atoms with E-state index in [2.05, 4.69) is 53.3 Å². The Labute approximate surface area is 168 Å². The fraction of sp³-hybridized carbons (Fsp3) is 0.333. The molecule has 1 amide bonds. The molecule has 27 heavy (non-hydrogen) atoms. The second-order valence-corrected chi connectivity index (χ2v) is 8.08. The molecule has 0 saturated carbocycles. The van der Waals surface area contributed by atoms with E-state index in [9.17, 15) is 4.79 Å². The molecule has 144 valence electrons. The number of methoxy groups -OCH3 is 1. The topological polar surface area (TPSA) is 59.9 Å². The molecule has 5 nitrogen and oxygen atoms in total. The lowest BCUT2D eigenvalue weighted by atomic mass is 9.85. The van der Waals surface area contributed by atoms with Gasteiger partial charge in [-0.25, -0.2) is 5.43 Å². The van der Waals surface area contributed by atoms with Gasteiger partial charge in [-0.05, 0) is 63.7 Å². The highest BCUT2D eigenvalue weighted by Gasteiger charge is 2.19. The van der Waals surface area contributed by atoms with Gasteiger partial charge in [0, 0.05) is 0 Å². The third kappa shape index (κ3) is 6.10. The van der Waals surface area contributed by atoms with Crippen LogP contribution in [0.3, 0.4) is 0 Å². The van der Waals surface area contributed by atoms with Crippen LogP contribution in [0, 0.1) is 6.92 Å². The van der Waals surface area contributed by atoms with Crippen LogP contribution in [0.25, 0.3) is 0 Å². The number of amides is 1. The first-order valence-corrected chi connectivity index (χ1v) is 9.39. The van der Waals surface area contributed by atoms with Crippen LogP contribution in [0.15, 0.2) is 46.0 Å². The molecule has 6 heteroatoms. The number of carbonyl (C=O) groups is 1. The fourth-order valence-corrected chi connectivity index (χ4v) is 3.03.